The van der Waals surface area contributed by atoms with Gasteiger partial charge in [-0.1, -0.05) is 17.7 Å². The number of urea groups is 1. The summed E-state index contributed by atoms with van der Waals surface area (Å²) in [4.78, 5) is 50.8. The van der Waals surface area contributed by atoms with Crippen molar-refractivity contribution in [1.29, 1.82) is 0 Å². The Bertz CT molecular complexity index is 1950. The molecule has 15 heteroatoms. The molecule has 4 amide bonds. The number of ether oxygens (including phenoxy) is 1. The first-order valence-corrected chi connectivity index (χ1v) is 16.3. The predicted octanol–water partition coefficient (Wildman–Crippen LogP) is 5.14. The molecule has 1 atom stereocenters. The Morgan fingerprint density at radius 2 is 1.73 bits per heavy atom. The third kappa shape index (κ3) is 7.26. The first-order chi connectivity index (χ1) is 22.7. The lowest BCUT2D eigenvalue weighted by Crippen LogP contribution is -2.61. The molecule has 13 nitrogen and oxygen atoms in total. The molecule has 48 heavy (non-hydrogen) atoms. The van der Waals surface area contributed by atoms with Crippen molar-refractivity contribution < 1.29 is 31.9 Å². The molecule has 0 aliphatic carbocycles. The fourth-order valence-electron chi connectivity index (χ4n) is 4.80. The molecule has 0 radical (unpaired) electrons. The van der Waals surface area contributed by atoms with Gasteiger partial charge in [0, 0.05) is 56.9 Å². The molecule has 1 saturated heterocycles. The van der Waals surface area contributed by atoms with Crippen LogP contribution < -0.4 is 20.3 Å². The summed E-state index contributed by atoms with van der Waals surface area (Å²) in [5, 5.41) is 5.54. The number of pyridine rings is 2. The van der Waals surface area contributed by atoms with E-state index >= 15 is 4.39 Å². The monoisotopic (exact) mass is 675 g/mol. The van der Waals surface area contributed by atoms with E-state index in [1.54, 1.807) is 38.1 Å². The summed E-state index contributed by atoms with van der Waals surface area (Å²) in [6.45, 7) is 5.34. The zero-order valence-corrected chi connectivity index (χ0v) is 27.7. The maximum atomic E-state index is 15.2. The van der Waals surface area contributed by atoms with Crippen LogP contribution in [-0.4, -0.2) is 72.1 Å². The second-order valence-electron chi connectivity index (χ2n) is 11.5. The van der Waals surface area contributed by atoms with E-state index in [9.17, 15) is 22.8 Å². The average Bonchev–Trinajstić information content (AvgIpc) is 3.03. The second-order valence-corrected chi connectivity index (χ2v) is 13.6. The van der Waals surface area contributed by atoms with E-state index < -0.39 is 39.6 Å². The van der Waals surface area contributed by atoms with Crippen molar-refractivity contribution in [2.45, 2.75) is 31.7 Å². The van der Waals surface area contributed by atoms with Gasteiger partial charge in [-0.15, -0.1) is 0 Å². The number of nitrogens with one attached hydrogen (secondary N) is 2. The number of hydrogen-bond acceptors (Lipinski definition) is 9. The standard InChI is InChI=1S/C33H34FN7O6S/c1-20(2)40-19-26(32(43)41(33(40)44)23-9-6-21(3)7-10-23)31(42)37-22-8-12-28(27(34)16-22)47-24-14-15-35-30(17-24)38-29-13-11-25(18-36-29)48(45,46)39(4)5/h6-18,20,26H,19H2,1-5H3,(H,37,42)(H,35,36,38). The average molecular weight is 676 g/mol. The van der Waals surface area contributed by atoms with Gasteiger partial charge in [-0.2, -0.15) is 0 Å². The van der Waals surface area contributed by atoms with Gasteiger partial charge in [-0.05, 0) is 63.2 Å². The fraction of sp³-hybridized carbons (Fsp3) is 0.242. The van der Waals surface area contributed by atoms with Crippen molar-refractivity contribution in [2.75, 3.05) is 36.2 Å². The van der Waals surface area contributed by atoms with Gasteiger partial charge in [-0.25, -0.2) is 36.8 Å². The predicted molar refractivity (Wildman–Crippen MR) is 177 cm³/mol. The van der Waals surface area contributed by atoms with E-state index in [2.05, 4.69) is 20.6 Å². The number of rotatable bonds is 10. The number of nitrogens with zero attached hydrogens (tertiary/aromatic N) is 5. The third-order valence-electron chi connectivity index (χ3n) is 7.50. The number of imide groups is 1. The third-order valence-corrected chi connectivity index (χ3v) is 9.30. The van der Waals surface area contributed by atoms with Crippen LogP contribution in [0.5, 0.6) is 11.5 Å². The SMILES string of the molecule is Cc1ccc(N2C(=O)C(C(=O)Nc3ccc(Oc4ccnc(Nc5ccc(S(=O)(=O)N(C)C)cn5)c4)c(F)c3)CN(C(C)C)C2=O)cc1. The van der Waals surface area contributed by atoms with Crippen LogP contribution in [0.1, 0.15) is 19.4 Å². The molecular formula is C33H34FN7O6S. The molecule has 250 valence electrons. The van der Waals surface area contributed by atoms with Crippen molar-refractivity contribution in [3.8, 4) is 11.5 Å². The van der Waals surface area contributed by atoms with Crippen molar-refractivity contribution in [3.63, 3.8) is 0 Å². The van der Waals surface area contributed by atoms with Crippen LogP contribution in [0.3, 0.4) is 0 Å². The van der Waals surface area contributed by atoms with Crippen LogP contribution in [0.4, 0.5) is 32.2 Å². The van der Waals surface area contributed by atoms with Gasteiger partial charge in [-0.3, -0.25) is 9.59 Å². The Morgan fingerprint density at radius 3 is 2.35 bits per heavy atom. The molecule has 0 saturated carbocycles. The number of benzene rings is 2. The molecule has 2 aromatic heterocycles. The Balaban J connectivity index is 1.27. The summed E-state index contributed by atoms with van der Waals surface area (Å²) in [5.74, 6) is -2.65. The minimum atomic E-state index is -3.63. The Kier molecular flexibility index (Phi) is 9.72. The van der Waals surface area contributed by atoms with Crippen LogP contribution in [0, 0.1) is 18.7 Å². The largest absolute Gasteiger partial charge is 0.454 e. The minimum Gasteiger partial charge on any atom is -0.454 e. The Labute approximate surface area is 277 Å². The molecule has 1 unspecified atom stereocenters. The summed E-state index contributed by atoms with van der Waals surface area (Å²) >= 11 is 0. The number of hydrogen-bond donors (Lipinski definition) is 2. The number of aryl methyl sites for hydroxylation is 1. The van der Waals surface area contributed by atoms with E-state index in [1.807, 2.05) is 6.92 Å². The van der Waals surface area contributed by atoms with E-state index in [4.69, 9.17) is 4.74 Å². The Hall–Kier alpha value is -5.41. The first kappa shape index (κ1) is 33.9. The van der Waals surface area contributed by atoms with E-state index in [0.717, 1.165) is 20.8 Å². The van der Waals surface area contributed by atoms with Gasteiger partial charge >= 0.3 is 6.03 Å². The molecule has 5 rings (SSSR count). The number of amides is 4. The summed E-state index contributed by atoms with van der Waals surface area (Å²) in [5.41, 5.74) is 1.39. The second kappa shape index (κ2) is 13.8. The number of carbonyl (C=O) groups excluding carboxylic acids is 3. The van der Waals surface area contributed by atoms with Crippen molar-refractivity contribution >= 4 is 50.9 Å². The first-order valence-electron chi connectivity index (χ1n) is 14.9. The summed E-state index contributed by atoms with van der Waals surface area (Å²) < 4.78 is 46.5. The van der Waals surface area contributed by atoms with E-state index in [1.165, 1.54) is 67.8 Å². The summed E-state index contributed by atoms with van der Waals surface area (Å²) in [6, 6.07) is 15.8. The Morgan fingerprint density at radius 1 is 1.00 bits per heavy atom. The van der Waals surface area contributed by atoms with Crippen molar-refractivity contribution in [1.82, 2.24) is 19.2 Å². The zero-order valence-electron chi connectivity index (χ0n) is 26.8. The molecule has 1 fully saturated rings. The van der Waals surface area contributed by atoms with Gasteiger partial charge in [0.2, 0.25) is 21.8 Å². The molecule has 0 bridgehead atoms. The number of halogens is 1. The molecule has 3 heterocycles. The normalized spacial score (nSPS) is 15.2. The molecule has 1 aliphatic heterocycles. The van der Waals surface area contributed by atoms with Crippen LogP contribution in [0.25, 0.3) is 0 Å². The lowest BCUT2D eigenvalue weighted by molar-refractivity contribution is -0.132. The van der Waals surface area contributed by atoms with E-state index in [-0.39, 0.29) is 34.7 Å². The van der Waals surface area contributed by atoms with Gasteiger partial charge < -0.3 is 20.3 Å². The number of anilines is 4. The van der Waals surface area contributed by atoms with Crippen LogP contribution in [0.2, 0.25) is 0 Å². The van der Waals surface area contributed by atoms with Crippen molar-refractivity contribution in [3.05, 3.63) is 90.5 Å². The highest BCUT2D eigenvalue weighted by Crippen LogP contribution is 2.30. The number of aromatic nitrogens is 2. The van der Waals surface area contributed by atoms with Gasteiger partial charge in [0.25, 0.3) is 0 Å². The highest BCUT2D eigenvalue weighted by atomic mass is 32.2. The maximum Gasteiger partial charge on any atom is 0.331 e. The molecule has 1 aliphatic rings. The van der Waals surface area contributed by atoms with Gasteiger partial charge in [0.05, 0.1) is 5.69 Å². The lowest BCUT2D eigenvalue weighted by Gasteiger charge is -2.39. The minimum absolute atomic E-state index is 0.0281. The quantitative estimate of drug-likeness (QED) is 0.218. The maximum absolute atomic E-state index is 15.2. The topological polar surface area (TPSA) is 154 Å². The highest BCUT2D eigenvalue weighted by Gasteiger charge is 2.44. The zero-order chi connectivity index (χ0) is 34.7. The van der Waals surface area contributed by atoms with Crippen LogP contribution in [-0.2, 0) is 19.6 Å². The number of carbonyl (C=O) groups is 3. The molecule has 2 aromatic carbocycles. The summed E-state index contributed by atoms with van der Waals surface area (Å²) in [6.07, 6.45) is 2.65. The fourth-order valence-corrected chi connectivity index (χ4v) is 5.65. The molecular weight excluding hydrogens is 641 g/mol. The van der Waals surface area contributed by atoms with Crippen LogP contribution in [0.15, 0.2) is 84.0 Å². The molecule has 4 aromatic rings. The van der Waals surface area contributed by atoms with Gasteiger partial charge in [0.15, 0.2) is 11.6 Å². The number of sulfonamides is 1. The van der Waals surface area contributed by atoms with Gasteiger partial charge in [0.1, 0.15) is 28.2 Å². The van der Waals surface area contributed by atoms with Crippen LogP contribution >= 0.6 is 0 Å². The molecule has 2 N–H and O–H groups in total. The highest BCUT2D eigenvalue weighted by molar-refractivity contribution is 7.89. The smallest absolute Gasteiger partial charge is 0.331 e. The van der Waals surface area contributed by atoms with Crippen molar-refractivity contribution in [2.24, 2.45) is 5.92 Å². The summed E-state index contributed by atoms with van der Waals surface area (Å²) in [7, 11) is -0.786. The molecule has 0 spiro atoms. The lowest BCUT2D eigenvalue weighted by atomic mass is 10.0. The van der Waals surface area contributed by atoms with E-state index in [0.29, 0.717) is 17.3 Å².